The minimum Gasteiger partial charge on any atom is -0.409 e. The number of rotatable bonds is 6. The molecule has 4 aromatic rings. The van der Waals surface area contributed by atoms with Crippen molar-refractivity contribution in [2.45, 2.75) is 19.3 Å². The molecule has 4 N–H and O–H groups in total. The van der Waals surface area contributed by atoms with Gasteiger partial charge in [-0.1, -0.05) is 78.3 Å². The van der Waals surface area contributed by atoms with E-state index in [0.717, 1.165) is 35.1 Å². The number of aromatic amines is 1. The fourth-order valence-electron chi connectivity index (χ4n) is 4.49. The number of benzene rings is 3. The van der Waals surface area contributed by atoms with Gasteiger partial charge < -0.3 is 10.9 Å². The van der Waals surface area contributed by atoms with E-state index < -0.39 is 5.95 Å². The van der Waals surface area contributed by atoms with Crippen LogP contribution in [-0.4, -0.2) is 21.2 Å². The van der Waals surface area contributed by atoms with Crippen LogP contribution in [0.1, 0.15) is 41.5 Å². The van der Waals surface area contributed by atoms with Crippen molar-refractivity contribution in [3.63, 3.8) is 0 Å². The molecular formula is C28H25FN4O. The first-order valence-corrected chi connectivity index (χ1v) is 11.3. The molecule has 1 fully saturated rings. The molecule has 0 aliphatic heterocycles. The maximum absolute atomic E-state index is 14.4. The average Bonchev–Trinajstić information content (AvgIpc) is 3.22. The van der Waals surface area contributed by atoms with E-state index in [2.05, 4.69) is 51.8 Å². The summed E-state index contributed by atoms with van der Waals surface area (Å²) in [5.74, 6) is 0.0589. The highest BCUT2D eigenvalue weighted by atomic mass is 19.1. The van der Waals surface area contributed by atoms with E-state index >= 15 is 0 Å². The van der Waals surface area contributed by atoms with Gasteiger partial charge in [0.2, 0.25) is 5.95 Å². The molecule has 5 nitrogen and oxygen atoms in total. The van der Waals surface area contributed by atoms with Crippen LogP contribution >= 0.6 is 0 Å². The van der Waals surface area contributed by atoms with Gasteiger partial charge in [0, 0.05) is 0 Å². The number of allylic oxidation sites excluding steroid dienone is 1. The molecule has 0 unspecified atom stereocenters. The molecule has 0 spiro atoms. The lowest BCUT2D eigenvalue weighted by Crippen LogP contribution is -2.15. The highest BCUT2D eigenvalue weighted by molar-refractivity contribution is 6.01. The molecule has 0 saturated heterocycles. The van der Waals surface area contributed by atoms with Gasteiger partial charge in [-0.3, -0.25) is 5.10 Å². The monoisotopic (exact) mass is 452 g/mol. The van der Waals surface area contributed by atoms with E-state index in [1.807, 2.05) is 36.4 Å². The smallest absolute Gasteiger partial charge is 0.216 e. The third-order valence-electron chi connectivity index (χ3n) is 6.43. The Balaban J connectivity index is 1.70. The maximum Gasteiger partial charge on any atom is 0.216 e. The molecule has 1 heterocycles. The summed E-state index contributed by atoms with van der Waals surface area (Å²) in [6, 6.07) is 24.3. The van der Waals surface area contributed by atoms with Crippen LogP contribution in [0.5, 0.6) is 0 Å². The standard InChI is InChI=1S/C28H25FN4O/c29-28-23-17-22(14-15-24(23)31-32-28)27(21-12-9-18(10-13-21)11-16-25(30)33-34)26(20-7-4-8-20)19-5-2-1-3-6-19/h1-3,5-6,9-17,20,34H,4,7-8H2,(H2,30,33)(H,31,32)/b16-11+,27-26-. The van der Waals surface area contributed by atoms with Gasteiger partial charge in [0.15, 0.2) is 5.84 Å². The Kier molecular flexibility index (Phi) is 5.95. The molecule has 6 heteroatoms. The Morgan fingerprint density at radius 2 is 1.74 bits per heavy atom. The summed E-state index contributed by atoms with van der Waals surface area (Å²) >= 11 is 0. The predicted octanol–water partition coefficient (Wildman–Crippen LogP) is 6.22. The second-order valence-corrected chi connectivity index (χ2v) is 8.53. The molecular weight excluding hydrogens is 427 g/mol. The average molecular weight is 453 g/mol. The number of H-pyrrole nitrogens is 1. The SMILES string of the molecule is NC(/C=C/c1ccc(/C(=C(\c2ccccc2)C2CCC2)c2ccc3n[nH]c(F)c3c2)cc1)=N\O. The van der Waals surface area contributed by atoms with Gasteiger partial charge in [-0.25, -0.2) is 0 Å². The molecule has 1 aliphatic rings. The fraction of sp³-hybridized carbons (Fsp3) is 0.143. The molecule has 0 amide bonds. The second kappa shape index (κ2) is 9.35. The number of halogens is 1. The molecule has 3 aromatic carbocycles. The number of hydrogen-bond donors (Lipinski definition) is 3. The van der Waals surface area contributed by atoms with Gasteiger partial charge in [-0.2, -0.15) is 9.49 Å². The predicted molar refractivity (Wildman–Crippen MR) is 135 cm³/mol. The second-order valence-electron chi connectivity index (χ2n) is 8.53. The molecule has 1 aliphatic carbocycles. The normalized spacial score (nSPS) is 15.5. The van der Waals surface area contributed by atoms with E-state index in [1.165, 1.54) is 17.6 Å². The van der Waals surface area contributed by atoms with Crippen LogP contribution in [0.4, 0.5) is 4.39 Å². The van der Waals surface area contributed by atoms with Crippen molar-refractivity contribution in [2.24, 2.45) is 16.8 Å². The van der Waals surface area contributed by atoms with Crippen LogP contribution in [0.3, 0.4) is 0 Å². The van der Waals surface area contributed by atoms with Crippen LogP contribution in [0.25, 0.3) is 28.1 Å². The summed E-state index contributed by atoms with van der Waals surface area (Å²) in [7, 11) is 0. The lowest BCUT2D eigenvalue weighted by molar-refractivity contribution is 0.319. The van der Waals surface area contributed by atoms with E-state index in [9.17, 15) is 4.39 Å². The summed E-state index contributed by atoms with van der Waals surface area (Å²) in [5, 5.41) is 18.7. The highest BCUT2D eigenvalue weighted by Gasteiger charge is 2.27. The number of nitrogens with one attached hydrogen (secondary N) is 1. The maximum atomic E-state index is 14.4. The summed E-state index contributed by atoms with van der Waals surface area (Å²) in [6.07, 6.45) is 6.82. The molecule has 1 saturated carbocycles. The Hall–Kier alpha value is -4.19. The number of nitrogens with zero attached hydrogens (tertiary/aromatic N) is 2. The van der Waals surface area contributed by atoms with E-state index in [4.69, 9.17) is 10.9 Å². The van der Waals surface area contributed by atoms with Crippen molar-refractivity contribution in [3.8, 4) is 0 Å². The van der Waals surface area contributed by atoms with Crippen molar-refractivity contribution >= 4 is 34.0 Å². The number of hydrogen-bond acceptors (Lipinski definition) is 3. The highest BCUT2D eigenvalue weighted by Crippen LogP contribution is 2.45. The summed E-state index contributed by atoms with van der Waals surface area (Å²) in [5.41, 5.74) is 12.7. The number of nitrogens with two attached hydrogens (primary N) is 1. The Morgan fingerprint density at radius 3 is 2.41 bits per heavy atom. The molecule has 34 heavy (non-hydrogen) atoms. The number of fused-ring (bicyclic) bond motifs is 1. The van der Waals surface area contributed by atoms with E-state index in [0.29, 0.717) is 16.8 Å². The zero-order valence-corrected chi connectivity index (χ0v) is 18.6. The first kappa shape index (κ1) is 21.6. The van der Waals surface area contributed by atoms with Crippen LogP contribution in [-0.2, 0) is 0 Å². The van der Waals surface area contributed by atoms with E-state index in [-0.39, 0.29) is 5.84 Å². The van der Waals surface area contributed by atoms with Crippen molar-refractivity contribution in [1.82, 2.24) is 10.2 Å². The summed E-state index contributed by atoms with van der Waals surface area (Å²) < 4.78 is 14.4. The minimum absolute atomic E-state index is 0.0384. The van der Waals surface area contributed by atoms with Gasteiger partial charge in [0.25, 0.3) is 0 Å². The fourth-order valence-corrected chi connectivity index (χ4v) is 4.49. The van der Waals surface area contributed by atoms with Crippen molar-refractivity contribution in [3.05, 3.63) is 107 Å². The summed E-state index contributed by atoms with van der Waals surface area (Å²) in [4.78, 5) is 0. The zero-order chi connectivity index (χ0) is 23.5. The Labute approximate surface area is 197 Å². The third kappa shape index (κ3) is 4.22. The molecule has 5 rings (SSSR count). The number of aromatic nitrogens is 2. The minimum atomic E-state index is -0.426. The largest absolute Gasteiger partial charge is 0.409 e. The lowest BCUT2D eigenvalue weighted by atomic mass is 9.73. The molecule has 170 valence electrons. The van der Waals surface area contributed by atoms with Crippen LogP contribution in [0, 0.1) is 11.9 Å². The molecule has 0 atom stereocenters. The Bertz CT molecular complexity index is 1400. The van der Waals surface area contributed by atoms with Gasteiger partial charge in [0.05, 0.1) is 10.9 Å². The first-order chi connectivity index (χ1) is 16.6. The topological polar surface area (TPSA) is 87.3 Å². The van der Waals surface area contributed by atoms with Crippen LogP contribution < -0.4 is 5.73 Å². The van der Waals surface area contributed by atoms with Gasteiger partial charge in [-0.05, 0) is 70.4 Å². The third-order valence-corrected chi connectivity index (χ3v) is 6.43. The zero-order valence-electron chi connectivity index (χ0n) is 18.6. The van der Waals surface area contributed by atoms with Crippen LogP contribution in [0.2, 0.25) is 0 Å². The molecule has 0 radical (unpaired) electrons. The first-order valence-electron chi connectivity index (χ1n) is 11.3. The number of amidine groups is 1. The summed E-state index contributed by atoms with van der Waals surface area (Å²) in [6.45, 7) is 0. The van der Waals surface area contributed by atoms with Gasteiger partial charge in [0.1, 0.15) is 0 Å². The van der Waals surface area contributed by atoms with Crippen molar-refractivity contribution in [2.75, 3.05) is 0 Å². The number of oxime groups is 1. The van der Waals surface area contributed by atoms with Crippen LogP contribution in [0.15, 0.2) is 84.0 Å². The molecule has 1 aromatic heterocycles. The van der Waals surface area contributed by atoms with E-state index in [1.54, 1.807) is 12.2 Å². The lowest BCUT2D eigenvalue weighted by Gasteiger charge is -2.31. The van der Waals surface area contributed by atoms with Crippen molar-refractivity contribution in [1.29, 1.82) is 0 Å². The van der Waals surface area contributed by atoms with Gasteiger partial charge in [-0.15, -0.1) is 0 Å². The van der Waals surface area contributed by atoms with Gasteiger partial charge >= 0.3 is 0 Å². The van der Waals surface area contributed by atoms with Crippen molar-refractivity contribution < 1.29 is 9.60 Å². The quantitative estimate of drug-likeness (QED) is 0.107. The molecule has 0 bridgehead atoms. The Morgan fingerprint density at radius 1 is 1.00 bits per heavy atom.